The van der Waals surface area contributed by atoms with E-state index in [0.717, 1.165) is 0 Å². The Kier molecular flexibility index (Phi) is 5.93. The predicted octanol–water partition coefficient (Wildman–Crippen LogP) is 2.16. The number of hydrogen-bond acceptors (Lipinski definition) is 6. The van der Waals surface area contributed by atoms with Crippen molar-refractivity contribution in [2.24, 2.45) is 0 Å². The third-order valence-corrected chi connectivity index (χ3v) is 4.30. The highest BCUT2D eigenvalue weighted by atomic mass is 16.5. The van der Waals surface area contributed by atoms with Gasteiger partial charge in [-0.1, -0.05) is 30.3 Å². The van der Waals surface area contributed by atoms with E-state index in [1.807, 2.05) is 6.07 Å². The van der Waals surface area contributed by atoms with Gasteiger partial charge in [0.2, 0.25) is 6.10 Å². The van der Waals surface area contributed by atoms with Crippen molar-refractivity contribution in [1.29, 1.82) is 0 Å². The molecule has 2 aromatic rings. The van der Waals surface area contributed by atoms with Crippen LogP contribution in [0, 0.1) is 0 Å². The Balaban J connectivity index is 1.85. The number of ether oxygens (including phenoxy) is 3. The molecule has 7 nitrogen and oxygen atoms in total. The number of rotatable bonds is 5. The van der Waals surface area contributed by atoms with Gasteiger partial charge >= 0.3 is 5.97 Å². The van der Waals surface area contributed by atoms with E-state index in [1.54, 1.807) is 29.2 Å². The SMILES string of the molecule is COc1ccc(C(=O)O[C@H](C(=O)N2CCOCC2)c2ccccc2)c(O)c1. The first-order valence-corrected chi connectivity index (χ1v) is 8.59. The lowest BCUT2D eigenvalue weighted by Gasteiger charge is -2.30. The van der Waals surface area contributed by atoms with E-state index in [-0.39, 0.29) is 17.2 Å². The molecule has 3 rings (SSSR count). The molecule has 1 atom stereocenters. The minimum absolute atomic E-state index is 0.0356. The second kappa shape index (κ2) is 8.55. The number of phenols is 1. The van der Waals surface area contributed by atoms with E-state index in [9.17, 15) is 14.7 Å². The van der Waals surface area contributed by atoms with Crippen LogP contribution in [-0.2, 0) is 14.3 Å². The maximum absolute atomic E-state index is 13.0. The van der Waals surface area contributed by atoms with Crippen LogP contribution in [0.15, 0.2) is 48.5 Å². The summed E-state index contributed by atoms with van der Waals surface area (Å²) in [4.78, 5) is 27.2. The van der Waals surface area contributed by atoms with Crippen molar-refractivity contribution >= 4 is 11.9 Å². The molecule has 0 aliphatic carbocycles. The van der Waals surface area contributed by atoms with Gasteiger partial charge in [0.25, 0.3) is 5.91 Å². The van der Waals surface area contributed by atoms with Gasteiger partial charge in [-0.3, -0.25) is 4.79 Å². The Hall–Kier alpha value is -3.06. The van der Waals surface area contributed by atoms with Crippen LogP contribution in [0.2, 0.25) is 0 Å². The maximum Gasteiger partial charge on any atom is 0.343 e. The number of amides is 1. The summed E-state index contributed by atoms with van der Waals surface area (Å²) < 4.78 is 15.8. The monoisotopic (exact) mass is 371 g/mol. The summed E-state index contributed by atoms with van der Waals surface area (Å²) >= 11 is 0. The molecule has 1 heterocycles. The highest BCUT2D eigenvalue weighted by Gasteiger charge is 2.31. The maximum atomic E-state index is 13.0. The Morgan fingerprint density at radius 2 is 1.81 bits per heavy atom. The highest BCUT2D eigenvalue weighted by Crippen LogP contribution is 2.27. The zero-order valence-corrected chi connectivity index (χ0v) is 15.0. The van der Waals surface area contributed by atoms with Gasteiger partial charge in [-0.05, 0) is 12.1 Å². The summed E-state index contributed by atoms with van der Waals surface area (Å²) in [5, 5.41) is 10.1. The minimum Gasteiger partial charge on any atom is -0.507 e. The minimum atomic E-state index is -1.10. The van der Waals surface area contributed by atoms with Crippen LogP contribution < -0.4 is 4.74 Å². The second-order valence-electron chi connectivity index (χ2n) is 6.02. The molecular weight excluding hydrogens is 350 g/mol. The van der Waals surface area contributed by atoms with Gasteiger partial charge in [-0.15, -0.1) is 0 Å². The number of benzene rings is 2. The normalized spacial score (nSPS) is 15.1. The van der Waals surface area contributed by atoms with E-state index < -0.39 is 12.1 Å². The zero-order chi connectivity index (χ0) is 19.2. The Bertz CT molecular complexity index is 801. The van der Waals surface area contributed by atoms with Crippen molar-refractivity contribution in [3.8, 4) is 11.5 Å². The van der Waals surface area contributed by atoms with Crippen molar-refractivity contribution in [3.05, 3.63) is 59.7 Å². The molecule has 1 aliphatic heterocycles. The second-order valence-corrected chi connectivity index (χ2v) is 6.02. The number of aromatic hydroxyl groups is 1. The molecule has 142 valence electrons. The lowest BCUT2D eigenvalue weighted by atomic mass is 10.1. The molecule has 2 aromatic carbocycles. The number of phenolic OH excluding ortho intramolecular Hbond substituents is 1. The van der Waals surface area contributed by atoms with Crippen molar-refractivity contribution in [1.82, 2.24) is 4.90 Å². The van der Waals surface area contributed by atoms with Crippen LogP contribution >= 0.6 is 0 Å². The van der Waals surface area contributed by atoms with Gasteiger partial charge in [0.05, 0.1) is 20.3 Å². The van der Waals surface area contributed by atoms with Crippen LogP contribution in [-0.4, -0.2) is 55.3 Å². The van der Waals surface area contributed by atoms with E-state index in [0.29, 0.717) is 37.6 Å². The predicted molar refractivity (Wildman–Crippen MR) is 96.7 cm³/mol. The zero-order valence-electron chi connectivity index (χ0n) is 15.0. The van der Waals surface area contributed by atoms with Crippen molar-refractivity contribution in [2.45, 2.75) is 6.10 Å². The first kappa shape index (κ1) is 18.7. The molecule has 0 saturated carbocycles. The quantitative estimate of drug-likeness (QED) is 0.811. The van der Waals surface area contributed by atoms with E-state index in [1.165, 1.54) is 25.3 Å². The molecule has 7 heteroatoms. The molecule has 1 saturated heterocycles. The van der Waals surface area contributed by atoms with E-state index >= 15 is 0 Å². The number of nitrogens with zero attached hydrogens (tertiary/aromatic N) is 1. The number of esters is 1. The van der Waals surface area contributed by atoms with Crippen molar-refractivity contribution in [3.63, 3.8) is 0 Å². The standard InChI is InChI=1S/C20H21NO6/c1-25-15-7-8-16(17(22)13-15)20(24)27-18(14-5-3-2-4-6-14)19(23)21-9-11-26-12-10-21/h2-8,13,18,22H,9-12H2,1H3/t18-/m0/s1. The number of hydrogen-bond donors (Lipinski definition) is 1. The van der Waals surface area contributed by atoms with Gasteiger partial charge in [0.15, 0.2) is 0 Å². The van der Waals surface area contributed by atoms with Crippen LogP contribution in [0.4, 0.5) is 0 Å². The largest absolute Gasteiger partial charge is 0.507 e. The number of methoxy groups -OCH3 is 1. The van der Waals surface area contributed by atoms with Gasteiger partial charge in [0.1, 0.15) is 17.1 Å². The molecule has 0 aromatic heterocycles. The van der Waals surface area contributed by atoms with Gasteiger partial charge < -0.3 is 24.2 Å². The summed E-state index contributed by atoms with van der Waals surface area (Å²) in [5.74, 6) is -0.963. The van der Waals surface area contributed by atoms with Crippen molar-refractivity contribution in [2.75, 3.05) is 33.4 Å². The van der Waals surface area contributed by atoms with Crippen molar-refractivity contribution < 1.29 is 28.9 Å². The average molecular weight is 371 g/mol. The molecule has 1 amide bonds. The average Bonchev–Trinajstić information content (AvgIpc) is 2.72. The van der Waals surface area contributed by atoms with Crippen LogP contribution in [0.1, 0.15) is 22.0 Å². The van der Waals surface area contributed by atoms with Gasteiger partial charge in [-0.25, -0.2) is 4.79 Å². The molecule has 1 fully saturated rings. The summed E-state index contributed by atoms with van der Waals surface area (Å²) in [6.07, 6.45) is -1.10. The third-order valence-electron chi connectivity index (χ3n) is 4.30. The highest BCUT2D eigenvalue weighted by molar-refractivity contribution is 5.95. The Labute approximate surface area is 157 Å². The molecule has 0 radical (unpaired) electrons. The lowest BCUT2D eigenvalue weighted by Crippen LogP contribution is -2.44. The first-order chi connectivity index (χ1) is 13.1. The van der Waals surface area contributed by atoms with Gasteiger partial charge in [-0.2, -0.15) is 0 Å². The third kappa shape index (κ3) is 4.38. The molecule has 0 unspecified atom stereocenters. The van der Waals surface area contributed by atoms with Crippen LogP contribution in [0.5, 0.6) is 11.5 Å². The van der Waals surface area contributed by atoms with Crippen LogP contribution in [0.3, 0.4) is 0 Å². The molecule has 1 aliphatic rings. The first-order valence-electron chi connectivity index (χ1n) is 8.59. The fourth-order valence-corrected chi connectivity index (χ4v) is 2.82. The summed E-state index contributed by atoms with van der Waals surface area (Å²) in [6, 6.07) is 13.1. The molecule has 0 bridgehead atoms. The fourth-order valence-electron chi connectivity index (χ4n) is 2.82. The summed E-state index contributed by atoms with van der Waals surface area (Å²) in [7, 11) is 1.46. The number of carbonyl (C=O) groups excluding carboxylic acids is 2. The fraction of sp³-hybridized carbons (Fsp3) is 0.300. The topological polar surface area (TPSA) is 85.3 Å². The molecule has 27 heavy (non-hydrogen) atoms. The van der Waals surface area contributed by atoms with E-state index in [2.05, 4.69) is 0 Å². The lowest BCUT2D eigenvalue weighted by molar-refractivity contribution is -0.145. The summed E-state index contributed by atoms with van der Waals surface area (Å²) in [5.41, 5.74) is 0.529. The Morgan fingerprint density at radius 1 is 1.11 bits per heavy atom. The summed E-state index contributed by atoms with van der Waals surface area (Å²) in [6.45, 7) is 1.77. The van der Waals surface area contributed by atoms with Crippen LogP contribution in [0.25, 0.3) is 0 Å². The number of carbonyl (C=O) groups is 2. The van der Waals surface area contributed by atoms with E-state index in [4.69, 9.17) is 14.2 Å². The molecular formula is C20H21NO6. The Morgan fingerprint density at radius 3 is 2.44 bits per heavy atom. The molecule has 0 spiro atoms. The van der Waals surface area contributed by atoms with Gasteiger partial charge in [0, 0.05) is 24.7 Å². The molecule has 1 N–H and O–H groups in total. The smallest absolute Gasteiger partial charge is 0.343 e. The number of morpholine rings is 1.